The van der Waals surface area contributed by atoms with Gasteiger partial charge in [-0.25, -0.2) is 4.98 Å². The first-order chi connectivity index (χ1) is 16.2. The third-order valence-corrected chi connectivity index (χ3v) is 9.03. The number of aromatic nitrogens is 2. The van der Waals surface area contributed by atoms with E-state index in [9.17, 15) is 4.21 Å². The smallest absolute Gasteiger partial charge is 0.227 e. The molecule has 0 radical (unpaired) electrons. The lowest BCUT2D eigenvalue weighted by Gasteiger charge is -2.38. The number of fused-ring (bicyclic) bond motifs is 1. The van der Waals surface area contributed by atoms with Crippen molar-refractivity contribution in [3.05, 3.63) is 29.4 Å². The number of rotatable bonds is 4. The van der Waals surface area contributed by atoms with Crippen LogP contribution in [0.25, 0.3) is 0 Å². The van der Waals surface area contributed by atoms with Crippen LogP contribution >= 0.6 is 0 Å². The minimum Gasteiger partial charge on any atom is -0.385 e. The Hall–Kier alpha value is -2.33. The van der Waals surface area contributed by atoms with Gasteiger partial charge in [-0.15, -0.1) is 0 Å². The van der Waals surface area contributed by atoms with Crippen molar-refractivity contribution in [2.75, 3.05) is 55.9 Å². The molecular formula is C23H33N7O2S. The maximum Gasteiger partial charge on any atom is 0.227 e. The number of dihydropyridines is 1. The van der Waals surface area contributed by atoms with Crippen molar-refractivity contribution in [2.45, 2.75) is 49.2 Å². The molecule has 0 spiro atoms. The van der Waals surface area contributed by atoms with E-state index in [1.807, 2.05) is 6.20 Å². The maximum atomic E-state index is 12.7. The normalized spacial score (nSPS) is 27.9. The molecule has 0 saturated carbocycles. The second-order valence-corrected chi connectivity index (χ2v) is 11.1. The molecule has 0 bridgehead atoms. The highest BCUT2D eigenvalue weighted by Crippen LogP contribution is 2.34. The number of nitrogens with zero attached hydrogens (tertiary/aromatic N) is 4. The summed E-state index contributed by atoms with van der Waals surface area (Å²) in [6.07, 6.45) is 9.40. The van der Waals surface area contributed by atoms with Gasteiger partial charge in [0, 0.05) is 57.5 Å². The Kier molecular flexibility index (Phi) is 5.65. The number of nitrogens with one attached hydrogen (secondary N) is 3. The van der Waals surface area contributed by atoms with E-state index in [0.717, 1.165) is 87.3 Å². The van der Waals surface area contributed by atoms with E-state index >= 15 is 0 Å². The number of ether oxygens (including phenoxy) is 1. The molecule has 2 fully saturated rings. The summed E-state index contributed by atoms with van der Waals surface area (Å²) in [6.45, 7) is 4.28. The average molecular weight is 472 g/mol. The van der Waals surface area contributed by atoms with E-state index in [2.05, 4.69) is 38.9 Å². The molecule has 1 aromatic rings. The fourth-order valence-electron chi connectivity index (χ4n) is 5.68. The van der Waals surface area contributed by atoms with Gasteiger partial charge in [-0.05, 0) is 38.0 Å². The van der Waals surface area contributed by atoms with Gasteiger partial charge in [0.05, 0.1) is 34.4 Å². The van der Waals surface area contributed by atoms with Crippen molar-refractivity contribution in [3.63, 3.8) is 0 Å². The highest BCUT2D eigenvalue weighted by atomic mass is 32.2. The Morgan fingerprint density at radius 3 is 2.79 bits per heavy atom. The molecule has 1 aromatic heterocycles. The predicted molar refractivity (Wildman–Crippen MR) is 128 cm³/mol. The van der Waals surface area contributed by atoms with Crippen molar-refractivity contribution < 1.29 is 8.95 Å². The summed E-state index contributed by atoms with van der Waals surface area (Å²) in [6, 6.07) is 0.319. The minimum atomic E-state index is -1.01. The van der Waals surface area contributed by atoms with E-state index < -0.39 is 10.8 Å². The second kappa shape index (κ2) is 8.79. The van der Waals surface area contributed by atoms with Crippen LogP contribution in [0.2, 0.25) is 0 Å². The third-order valence-electron chi connectivity index (χ3n) is 7.57. The zero-order valence-corrected chi connectivity index (χ0v) is 20.0. The molecule has 0 aliphatic carbocycles. The lowest BCUT2D eigenvalue weighted by molar-refractivity contribution is 0.0903. The Bertz CT molecular complexity index is 999. The molecule has 9 nitrogen and oxygen atoms in total. The molecule has 2 saturated heterocycles. The van der Waals surface area contributed by atoms with Gasteiger partial charge in [0.1, 0.15) is 16.9 Å². The molecule has 2 atom stereocenters. The highest BCUT2D eigenvalue weighted by Gasteiger charge is 2.36. The van der Waals surface area contributed by atoms with E-state index in [-0.39, 0.29) is 0 Å². The number of aryl methyl sites for hydroxylation is 1. The van der Waals surface area contributed by atoms with Crippen molar-refractivity contribution >= 4 is 22.6 Å². The average Bonchev–Trinajstić information content (AvgIpc) is 3.40. The first-order valence-corrected chi connectivity index (χ1v) is 13.5. The number of piperidine rings is 1. The predicted octanol–water partition coefficient (Wildman–Crippen LogP) is 1.14. The third kappa shape index (κ3) is 3.97. The van der Waals surface area contributed by atoms with E-state index in [1.165, 1.54) is 11.4 Å². The van der Waals surface area contributed by atoms with Crippen LogP contribution < -0.4 is 20.9 Å². The lowest BCUT2D eigenvalue weighted by Crippen LogP contribution is -2.47. The molecule has 6 heterocycles. The van der Waals surface area contributed by atoms with Crippen molar-refractivity contribution in [1.29, 1.82) is 0 Å². The number of anilines is 2. The molecule has 33 heavy (non-hydrogen) atoms. The molecule has 0 amide bonds. The fraction of sp³-hybridized carbons (Fsp3) is 0.652. The Morgan fingerprint density at radius 1 is 1.18 bits per heavy atom. The zero-order valence-electron chi connectivity index (χ0n) is 19.2. The van der Waals surface area contributed by atoms with E-state index in [0.29, 0.717) is 23.9 Å². The summed E-state index contributed by atoms with van der Waals surface area (Å²) in [5.74, 6) is 2.80. The van der Waals surface area contributed by atoms with Gasteiger partial charge < -0.3 is 30.5 Å². The molecule has 2 unspecified atom stereocenters. The molecule has 5 aliphatic heterocycles. The number of hydrogen-bond donors (Lipinski definition) is 3. The van der Waals surface area contributed by atoms with Crippen LogP contribution in [0.3, 0.4) is 0 Å². The van der Waals surface area contributed by atoms with Crippen molar-refractivity contribution in [2.24, 2.45) is 5.92 Å². The van der Waals surface area contributed by atoms with Gasteiger partial charge in [0.15, 0.2) is 0 Å². The molecule has 178 valence electrons. The minimum absolute atomic E-state index is 0.319. The Labute approximate surface area is 197 Å². The van der Waals surface area contributed by atoms with Gasteiger partial charge in [-0.2, -0.15) is 4.98 Å². The second-order valence-electron chi connectivity index (χ2n) is 9.58. The lowest BCUT2D eigenvalue weighted by atomic mass is 9.93. The molecule has 6 rings (SSSR count). The Morgan fingerprint density at radius 2 is 2.00 bits per heavy atom. The monoisotopic (exact) mass is 471 g/mol. The summed E-state index contributed by atoms with van der Waals surface area (Å²) >= 11 is 0. The molecular weight excluding hydrogens is 438 g/mol. The van der Waals surface area contributed by atoms with Crippen molar-refractivity contribution in [1.82, 2.24) is 25.5 Å². The largest absolute Gasteiger partial charge is 0.385 e. The molecule has 0 aromatic carbocycles. The number of allylic oxidation sites excluding steroid dienone is 1. The summed E-state index contributed by atoms with van der Waals surface area (Å²) < 4.78 is 18.2. The topological polar surface area (TPSA) is 94.7 Å². The van der Waals surface area contributed by atoms with Crippen molar-refractivity contribution in [3.8, 4) is 0 Å². The van der Waals surface area contributed by atoms with Crippen LogP contribution in [-0.2, 0) is 22.0 Å². The first-order valence-electron chi connectivity index (χ1n) is 12.2. The van der Waals surface area contributed by atoms with E-state index in [1.54, 1.807) is 0 Å². The Balaban J connectivity index is 1.16. The summed E-state index contributed by atoms with van der Waals surface area (Å²) in [4.78, 5) is 15.3. The molecule has 5 aliphatic rings. The number of likely N-dealkylation sites (N-methyl/N-ethyl adjacent to an activating group) is 1. The van der Waals surface area contributed by atoms with Crippen LogP contribution in [0.5, 0.6) is 0 Å². The summed E-state index contributed by atoms with van der Waals surface area (Å²) in [7, 11) is 1.19. The van der Waals surface area contributed by atoms with Gasteiger partial charge in [-0.3, -0.25) is 4.21 Å². The van der Waals surface area contributed by atoms with E-state index in [4.69, 9.17) is 14.7 Å². The highest BCUT2D eigenvalue weighted by molar-refractivity contribution is 7.85. The summed E-state index contributed by atoms with van der Waals surface area (Å²) in [5, 5.41) is 10.6. The SMILES string of the molecule is CN1C2=C(CNC=C2)NC1C1CCN(c2nc3c(c(NC4CCOCC4)n2)S(=O)CC3)CC1. The first kappa shape index (κ1) is 21.2. The zero-order chi connectivity index (χ0) is 22.4. The fourth-order valence-corrected chi connectivity index (χ4v) is 6.99. The van der Waals surface area contributed by atoms with Gasteiger partial charge in [-0.1, -0.05) is 0 Å². The van der Waals surface area contributed by atoms with Crippen LogP contribution in [0.15, 0.2) is 28.6 Å². The van der Waals surface area contributed by atoms with Gasteiger partial charge >= 0.3 is 0 Å². The molecule has 10 heteroatoms. The van der Waals surface area contributed by atoms with Gasteiger partial charge in [0.25, 0.3) is 0 Å². The van der Waals surface area contributed by atoms with Crippen LogP contribution in [-0.4, -0.2) is 76.9 Å². The van der Waals surface area contributed by atoms with Crippen LogP contribution in [0.1, 0.15) is 31.4 Å². The quantitative estimate of drug-likeness (QED) is 0.597. The molecule has 3 N–H and O–H groups in total. The summed E-state index contributed by atoms with van der Waals surface area (Å²) in [5.41, 5.74) is 3.56. The van der Waals surface area contributed by atoms with Crippen LogP contribution in [0, 0.1) is 5.92 Å². The van der Waals surface area contributed by atoms with Crippen LogP contribution in [0.4, 0.5) is 11.8 Å². The van der Waals surface area contributed by atoms with Gasteiger partial charge in [0.2, 0.25) is 5.95 Å². The number of hydrogen-bond acceptors (Lipinski definition) is 9. The maximum absolute atomic E-state index is 12.7. The standard InChI is InChI=1S/C23H33N7O2S/c1-29-19-2-8-24-14-18(19)26-22(29)15-3-9-30(10-4-15)23-27-17-7-13-33(31)20(17)21(28-23)25-16-5-11-32-12-6-16/h2,8,15-16,22,24,26H,3-7,9-14H2,1H3,(H,25,27,28).